The van der Waals surface area contributed by atoms with Crippen LogP contribution in [0.25, 0.3) is 0 Å². The van der Waals surface area contributed by atoms with E-state index in [1.807, 2.05) is 0 Å². The molecule has 0 saturated carbocycles. The van der Waals surface area contributed by atoms with Gasteiger partial charge >= 0.3 is 35.8 Å². The van der Waals surface area contributed by atoms with Crippen LogP contribution < -0.4 is 9.47 Å². The molecule has 2 rings (SSSR count). The third-order valence-corrected chi connectivity index (χ3v) is 6.98. The van der Waals surface area contributed by atoms with Crippen molar-refractivity contribution in [3.05, 3.63) is 46.5 Å². The lowest BCUT2D eigenvalue weighted by Crippen LogP contribution is -2.14. The molecule has 0 radical (unpaired) electrons. The highest BCUT2D eigenvalue weighted by molar-refractivity contribution is 7.91. The average molecular weight is 623 g/mol. The van der Waals surface area contributed by atoms with Gasteiger partial charge in [-0.2, -0.15) is 0 Å². The Hall–Kier alpha value is -4.79. The summed E-state index contributed by atoms with van der Waals surface area (Å²) < 4.78 is 58.6. The van der Waals surface area contributed by atoms with Gasteiger partial charge in [0, 0.05) is 63.8 Å². The monoisotopic (exact) mass is 622 g/mol. The van der Waals surface area contributed by atoms with Crippen molar-refractivity contribution in [1.29, 1.82) is 0 Å². The second-order valence-corrected chi connectivity index (χ2v) is 10.9. The molecule has 2 aromatic carbocycles. The van der Waals surface area contributed by atoms with E-state index in [0.29, 0.717) is 0 Å². The lowest BCUT2D eigenvalue weighted by Gasteiger charge is -2.19. The summed E-state index contributed by atoms with van der Waals surface area (Å²) in [5, 5.41) is 0. The molecule has 43 heavy (non-hydrogen) atoms. The molecule has 0 amide bonds. The molecule has 0 N–H and O–H groups in total. The molecule has 0 aromatic heterocycles. The number of hydrogen-bond donors (Lipinski definition) is 0. The van der Waals surface area contributed by atoms with Gasteiger partial charge in [-0.15, -0.1) is 0 Å². The molecule has 14 nitrogen and oxygen atoms in total. The van der Waals surface area contributed by atoms with Crippen molar-refractivity contribution in [2.75, 3.05) is 0 Å². The standard InChI is InChI=1S/C28H30O14S/c1-15(29)37-11-21-7-25(8-22(12-38-16(2)30)27(21)41-19(5)33)43(35,36)26-9-23(13-39-17(3)31)28(42-20(6)34)24(10-26)14-40-18(4)32/h7-10H,11-14H2,1-6H3. The van der Waals surface area contributed by atoms with Crippen LogP contribution in [0.3, 0.4) is 0 Å². The SMILES string of the molecule is CC(=O)OCc1cc(S(=O)(=O)c2cc(COC(C)=O)c(OC(C)=O)c(COC(C)=O)c2)cc(COC(C)=O)c1OC(C)=O. The smallest absolute Gasteiger partial charge is 0.308 e. The predicted octanol–water partition coefficient (Wildman–Crippen LogP) is 2.62. The first-order valence-corrected chi connectivity index (χ1v) is 14.0. The minimum absolute atomic E-state index is 0.0366. The second-order valence-electron chi connectivity index (χ2n) is 8.95. The van der Waals surface area contributed by atoms with Crippen molar-refractivity contribution in [2.45, 2.75) is 77.8 Å². The third-order valence-electron chi connectivity index (χ3n) is 5.27. The number of carbonyl (C=O) groups is 6. The molecule has 0 aliphatic rings. The average Bonchev–Trinajstić information content (AvgIpc) is 2.88. The molecule has 0 aliphatic carbocycles. The van der Waals surface area contributed by atoms with E-state index in [4.69, 9.17) is 28.4 Å². The molecule has 15 heteroatoms. The van der Waals surface area contributed by atoms with Gasteiger partial charge in [0.25, 0.3) is 0 Å². The summed E-state index contributed by atoms with van der Waals surface area (Å²) in [6, 6.07) is 4.41. The fourth-order valence-corrected chi connectivity index (χ4v) is 5.05. The molecule has 232 valence electrons. The molecule has 0 atom stereocenters. The van der Waals surface area contributed by atoms with Crippen LogP contribution >= 0.6 is 0 Å². The predicted molar refractivity (Wildman–Crippen MR) is 143 cm³/mol. The number of benzene rings is 2. The Balaban J connectivity index is 2.87. The summed E-state index contributed by atoms with van der Waals surface area (Å²) in [4.78, 5) is 69.0. The van der Waals surface area contributed by atoms with Crippen LogP contribution in [0, 0.1) is 0 Å². The first-order chi connectivity index (χ1) is 20.0. The van der Waals surface area contributed by atoms with Crippen LogP contribution in [0.1, 0.15) is 63.8 Å². The number of esters is 6. The Morgan fingerprint density at radius 1 is 0.465 bits per heavy atom. The number of hydrogen-bond acceptors (Lipinski definition) is 14. The zero-order valence-electron chi connectivity index (χ0n) is 24.3. The molecule has 0 aliphatic heterocycles. The molecule has 0 unspecified atom stereocenters. The molecule has 0 saturated heterocycles. The van der Waals surface area contributed by atoms with E-state index >= 15 is 0 Å². The molecule has 0 bridgehead atoms. The van der Waals surface area contributed by atoms with Crippen molar-refractivity contribution in [1.82, 2.24) is 0 Å². The minimum atomic E-state index is -4.52. The first kappa shape index (κ1) is 34.4. The highest BCUT2D eigenvalue weighted by Gasteiger charge is 2.27. The summed E-state index contributed by atoms with van der Waals surface area (Å²) in [6.45, 7) is 4.63. The topological polar surface area (TPSA) is 192 Å². The maximum absolute atomic E-state index is 14.0. The van der Waals surface area contributed by atoms with Gasteiger partial charge in [-0.25, -0.2) is 8.42 Å². The minimum Gasteiger partial charge on any atom is -0.461 e. The van der Waals surface area contributed by atoms with Gasteiger partial charge in [0.15, 0.2) is 0 Å². The maximum Gasteiger partial charge on any atom is 0.308 e. The zero-order chi connectivity index (χ0) is 32.5. The van der Waals surface area contributed by atoms with Crippen molar-refractivity contribution >= 4 is 45.7 Å². The molecule has 2 aromatic rings. The van der Waals surface area contributed by atoms with Gasteiger partial charge in [-0.05, 0) is 24.3 Å². The summed E-state index contributed by atoms with van der Waals surface area (Å²) in [7, 11) is -4.52. The highest BCUT2D eigenvalue weighted by Crippen LogP contribution is 2.36. The highest BCUT2D eigenvalue weighted by atomic mass is 32.2. The number of sulfone groups is 1. The van der Waals surface area contributed by atoms with E-state index in [1.54, 1.807) is 0 Å². The van der Waals surface area contributed by atoms with Crippen molar-refractivity contribution < 1.29 is 65.6 Å². The largest absolute Gasteiger partial charge is 0.461 e. The van der Waals surface area contributed by atoms with Gasteiger partial charge in [0.1, 0.15) is 37.9 Å². The number of ether oxygens (including phenoxy) is 6. The van der Waals surface area contributed by atoms with Crippen LogP contribution in [-0.2, 0) is 84.0 Å². The van der Waals surface area contributed by atoms with E-state index in [9.17, 15) is 37.2 Å². The van der Waals surface area contributed by atoms with E-state index in [0.717, 1.165) is 65.8 Å². The summed E-state index contributed by atoms with van der Waals surface area (Å²) >= 11 is 0. The number of rotatable bonds is 12. The van der Waals surface area contributed by atoms with Crippen molar-refractivity contribution in [3.63, 3.8) is 0 Å². The van der Waals surface area contributed by atoms with Gasteiger partial charge < -0.3 is 28.4 Å². The van der Waals surface area contributed by atoms with Gasteiger partial charge in [0.05, 0.1) is 9.79 Å². The Morgan fingerprint density at radius 3 is 0.884 bits per heavy atom. The first-order valence-electron chi connectivity index (χ1n) is 12.5. The summed E-state index contributed by atoms with van der Waals surface area (Å²) in [6.07, 6.45) is 0. The van der Waals surface area contributed by atoms with Crippen molar-refractivity contribution in [2.24, 2.45) is 0 Å². The van der Waals surface area contributed by atoms with Crippen LogP contribution in [-0.4, -0.2) is 44.2 Å². The lowest BCUT2D eigenvalue weighted by molar-refractivity contribution is -0.143. The molecular formula is C28H30O14S. The van der Waals surface area contributed by atoms with Crippen LogP contribution in [0.2, 0.25) is 0 Å². The van der Waals surface area contributed by atoms with Gasteiger partial charge in [0.2, 0.25) is 9.84 Å². The van der Waals surface area contributed by atoms with Gasteiger partial charge in [-0.3, -0.25) is 28.8 Å². The van der Waals surface area contributed by atoms with Crippen LogP contribution in [0.15, 0.2) is 34.1 Å². The Kier molecular flexibility index (Phi) is 11.9. The van der Waals surface area contributed by atoms with E-state index in [1.165, 1.54) is 0 Å². The Labute approximate surface area is 247 Å². The van der Waals surface area contributed by atoms with E-state index < -0.39 is 81.9 Å². The Morgan fingerprint density at radius 2 is 0.698 bits per heavy atom. The van der Waals surface area contributed by atoms with Crippen LogP contribution in [0.5, 0.6) is 11.5 Å². The van der Waals surface area contributed by atoms with Crippen LogP contribution in [0.4, 0.5) is 0 Å². The summed E-state index contributed by atoms with van der Waals surface area (Å²) in [5.41, 5.74) is -0.147. The normalized spacial score (nSPS) is 10.7. The second kappa shape index (κ2) is 14.9. The third kappa shape index (κ3) is 10.2. The molecule has 0 spiro atoms. The molecule has 0 fully saturated rings. The number of carbonyl (C=O) groups excluding carboxylic acids is 6. The molecule has 0 heterocycles. The zero-order valence-corrected chi connectivity index (χ0v) is 25.1. The fourth-order valence-electron chi connectivity index (χ4n) is 3.59. The quantitative estimate of drug-likeness (QED) is 0.190. The molecular weight excluding hydrogens is 592 g/mol. The lowest BCUT2D eigenvalue weighted by atomic mass is 10.1. The maximum atomic E-state index is 14.0. The van der Waals surface area contributed by atoms with Gasteiger partial charge in [-0.1, -0.05) is 0 Å². The van der Waals surface area contributed by atoms with E-state index in [2.05, 4.69) is 0 Å². The Bertz CT molecular complexity index is 1370. The fraction of sp³-hybridized carbons (Fsp3) is 0.357. The van der Waals surface area contributed by atoms with E-state index in [-0.39, 0.29) is 33.8 Å². The van der Waals surface area contributed by atoms with Crippen molar-refractivity contribution in [3.8, 4) is 11.5 Å². The summed E-state index contributed by atoms with van der Waals surface area (Å²) in [5.74, 6) is -4.77.